The fraction of sp³-hybridized carbons (Fsp3) is 0.900. The lowest BCUT2D eigenvalue weighted by molar-refractivity contribution is -0.175. The van der Waals surface area contributed by atoms with Gasteiger partial charge in [0, 0.05) is 13.7 Å². The number of nitrogens with zero attached hydrogens (tertiary/aromatic N) is 1. The summed E-state index contributed by atoms with van der Waals surface area (Å²) in [4.78, 5) is 12.4. The summed E-state index contributed by atoms with van der Waals surface area (Å²) in [5.74, 6) is -0.770. The summed E-state index contributed by atoms with van der Waals surface area (Å²) in [5.41, 5.74) is -1.29. The van der Waals surface area contributed by atoms with E-state index in [4.69, 9.17) is 9.84 Å². The average molecular weight is 257 g/mol. The van der Waals surface area contributed by atoms with Gasteiger partial charge in [0.1, 0.15) is 12.1 Å². The number of hydrogen-bond acceptors (Lipinski definition) is 3. The first-order valence-electron chi connectivity index (χ1n) is 5.22. The first-order valence-corrected chi connectivity index (χ1v) is 5.22. The Kier molecular flexibility index (Phi) is 5.91. The molecule has 4 nitrogen and oxygen atoms in total. The Bertz CT molecular complexity index is 252. The van der Waals surface area contributed by atoms with Crippen LogP contribution in [0.2, 0.25) is 0 Å². The predicted octanol–water partition coefficient (Wildman–Crippen LogP) is 1.18. The maximum Gasteiger partial charge on any atom is 0.406 e. The van der Waals surface area contributed by atoms with Crippen molar-refractivity contribution >= 4 is 5.91 Å². The monoisotopic (exact) mass is 257 g/mol. The highest BCUT2D eigenvalue weighted by Crippen LogP contribution is 2.22. The van der Waals surface area contributed by atoms with Crippen LogP contribution in [0.5, 0.6) is 0 Å². The van der Waals surface area contributed by atoms with Crippen LogP contribution in [0.25, 0.3) is 0 Å². The van der Waals surface area contributed by atoms with Gasteiger partial charge in [0.15, 0.2) is 0 Å². The molecule has 0 aliphatic heterocycles. The molecule has 0 aromatic rings. The molecule has 0 saturated carbocycles. The largest absolute Gasteiger partial charge is 0.406 e. The molecule has 1 atom stereocenters. The van der Waals surface area contributed by atoms with Crippen molar-refractivity contribution < 1.29 is 27.8 Å². The molecule has 1 amide bonds. The van der Waals surface area contributed by atoms with Gasteiger partial charge in [0.2, 0.25) is 0 Å². The van der Waals surface area contributed by atoms with Crippen molar-refractivity contribution in [2.24, 2.45) is 0 Å². The normalized spacial score (nSPS) is 15.5. The van der Waals surface area contributed by atoms with Crippen molar-refractivity contribution in [2.75, 3.05) is 26.8 Å². The Hall–Kier alpha value is -0.820. The maximum atomic E-state index is 12.3. The van der Waals surface area contributed by atoms with Gasteiger partial charge in [-0.05, 0) is 13.3 Å². The number of aliphatic hydroxyl groups excluding tert-OH is 1. The number of hydrogen-bond donors (Lipinski definition) is 1. The van der Waals surface area contributed by atoms with E-state index in [-0.39, 0.29) is 13.0 Å². The maximum absolute atomic E-state index is 12.3. The molecule has 17 heavy (non-hydrogen) atoms. The number of ether oxygens (including phenoxy) is 1. The lowest BCUT2D eigenvalue weighted by Crippen LogP contribution is -2.51. The Morgan fingerprint density at radius 3 is 2.24 bits per heavy atom. The van der Waals surface area contributed by atoms with Crippen LogP contribution in [0.4, 0.5) is 13.2 Å². The molecule has 0 heterocycles. The molecule has 0 aromatic carbocycles. The highest BCUT2D eigenvalue weighted by molar-refractivity contribution is 5.84. The van der Waals surface area contributed by atoms with Gasteiger partial charge in [0.05, 0.1) is 6.61 Å². The summed E-state index contributed by atoms with van der Waals surface area (Å²) < 4.78 is 41.8. The molecule has 0 fully saturated rings. The lowest BCUT2D eigenvalue weighted by Gasteiger charge is -2.33. The molecule has 0 saturated heterocycles. The van der Waals surface area contributed by atoms with E-state index < -0.39 is 30.8 Å². The summed E-state index contributed by atoms with van der Waals surface area (Å²) in [6, 6.07) is 0. The van der Waals surface area contributed by atoms with E-state index in [1.165, 1.54) is 14.0 Å². The third-order valence-electron chi connectivity index (χ3n) is 2.60. The van der Waals surface area contributed by atoms with Crippen molar-refractivity contribution in [3.63, 3.8) is 0 Å². The molecule has 0 rings (SSSR count). The number of methoxy groups -OCH3 is 1. The van der Waals surface area contributed by atoms with Gasteiger partial charge in [-0.1, -0.05) is 6.92 Å². The molecule has 0 aromatic heterocycles. The second-order valence-corrected chi connectivity index (χ2v) is 3.85. The van der Waals surface area contributed by atoms with Crippen molar-refractivity contribution in [1.82, 2.24) is 4.90 Å². The molecule has 0 aliphatic rings. The van der Waals surface area contributed by atoms with Crippen molar-refractivity contribution in [3.8, 4) is 0 Å². The number of carbonyl (C=O) groups is 1. The van der Waals surface area contributed by atoms with E-state index in [1.54, 1.807) is 6.92 Å². The second kappa shape index (κ2) is 6.20. The number of aliphatic hydroxyl groups is 1. The van der Waals surface area contributed by atoms with Gasteiger partial charge in [-0.25, -0.2) is 0 Å². The van der Waals surface area contributed by atoms with Crippen LogP contribution in [0.3, 0.4) is 0 Å². The molecule has 7 heteroatoms. The van der Waals surface area contributed by atoms with Crippen LogP contribution in [0.15, 0.2) is 0 Å². The predicted molar refractivity (Wildman–Crippen MR) is 55.4 cm³/mol. The molecule has 1 unspecified atom stereocenters. The van der Waals surface area contributed by atoms with Crippen LogP contribution in [-0.4, -0.2) is 54.5 Å². The van der Waals surface area contributed by atoms with Crippen LogP contribution in [0.1, 0.15) is 20.3 Å². The average Bonchev–Trinajstić information content (AvgIpc) is 2.24. The number of alkyl halides is 3. The van der Waals surface area contributed by atoms with Gasteiger partial charge in [-0.3, -0.25) is 4.79 Å². The van der Waals surface area contributed by atoms with Gasteiger partial charge < -0.3 is 14.7 Å². The summed E-state index contributed by atoms with van der Waals surface area (Å²) >= 11 is 0. The van der Waals surface area contributed by atoms with Crippen molar-refractivity contribution in [1.29, 1.82) is 0 Å². The summed E-state index contributed by atoms with van der Waals surface area (Å²) in [6.07, 6.45) is -4.24. The van der Waals surface area contributed by atoms with E-state index in [2.05, 4.69) is 0 Å². The minimum atomic E-state index is -4.49. The fourth-order valence-electron chi connectivity index (χ4n) is 1.31. The summed E-state index contributed by atoms with van der Waals surface area (Å²) in [5, 5.41) is 8.69. The van der Waals surface area contributed by atoms with E-state index in [0.29, 0.717) is 4.90 Å². The van der Waals surface area contributed by atoms with Crippen molar-refractivity contribution in [2.45, 2.75) is 32.0 Å². The Labute approximate surface area is 98.3 Å². The SMILES string of the molecule is CCC(C)(OC)C(=O)N(CCO)CC(F)(F)F. The van der Waals surface area contributed by atoms with Crippen LogP contribution < -0.4 is 0 Å². The smallest absolute Gasteiger partial charge is 0.395 e. The molecule has 102 valence electrons. The van der Waals surface area contributed by atoms with E-state index in [1.807, 2.05) is 0 Å². The Morgan fingerprint density at radius 2 is 1.94 bits per heavy atom. The van der Waals surface area contributed by atoms with Crippen LogP contribution in [0, 0.1) is 0 Å². The summed E-state index contributed by atoms with van der Waals surface area (Å²) in [6.45, 7) is 0.802. The van der Waals surface area contributed by atoms with Gasteiger partial charge in [-0.2, -0.15) is 13.2 Å². The standard InChI is InChI=1S/C10H18F3NO3/c1-4-9(2,17-3)8(16)14(5-6-15)7-10(11,12)13/h15H,4-7H2,1-3H3. The molecule has 0 aliphatic carbocycles. The third-order valence-corrected chi connectivity index (χ3v) is 2.60. The second-order valence-electron chi connectivity index (χ2n) is 3.85. The van der Waals surface area contributed by atoms with Crippen LogP contribution >= 0.6 is 0 Å². The Morgan fingerprint density at radius 1 is 1.41 bits per heavy atom. The zero-order valence-corrected chi connectivity index (χ0v) is 10.2. The molecule has 0 spiro atoms. The first kappa shape index (κ1) is 16.2. The number of halogens is 3. The van der Waals surface area contributed by atoms with Crippen LogP contribution in [-0.2, 0) is 9.53 Å². The zero-order chi connectivity index (χ0) is 13.7. The molecule has 1 N–H and O–H groups in total. The van der Waals surface area contributed by atoms with E-state index in [0.717, 1.165) is 0 Å². The number of rotatable bonds is 6. The topological polar surface area (TPSA) is 49.8 Å². The number of amides is 1. The zero-order valence-electron chi connectivity index (χ0n) is 10.2. The molecular weight excluding hydrogens is 239 g/mol. The van der Waals surface area contributed by atoms with Crippen molar-refractivity contribution in [3.05, 3.63) is 0 Å². The van der Waals surface area contributed by atoms with Gasteiger partial charge in [0.25, 0.3) is 5.91 Å². The Balaban J connectivity index is 4.87. The van der Waals surface area contributed by atoms with E-state index in [9.17, 15) is 18.0 Å². The minimum absolute atomic E-state index is 0.252. The minimum Gasteiger partial charge on any atom is -0.395 e. The third kappa shape index (κ3) is 4.91. The lowest BCUT2D eigenvalue weighted by atomic mass is 10.0. The number of carbonyl (C=O) groups excluding carboxylic acids is 1. The first-order chi connectivity index (χ1) is 7.70. The van der Waals surface area contributed by atoms with E-state index >= 15 is 0 Å². The van der Waals surface area contributed by atoms with Gasteiger partial charge >= 0.3 is 6.18 Å². The highest BCUT2D eigenvalue weighted by Gasteiger charge is 2.40. The summed E-state index contributed by atoms with van der Waals surface area (Å²) in [7, 11) is 1.27. The quantitative estimate of drug-likeness (QED) is 0.777. The molecule has 0 radical (unpaired) electrons. The fourth-order valence-corrected chi connectivity index (χ4v) is 1.31. The molecule has 0 bridgehead atoms. The highest BCUT2D eigenvalue weighted by atomic mass is 19.4. The van der Waals surface area contributed by atoms with Gasteiger partial charge in [-0.15, -0.1) is 0 Å². The molecular formula is C10H18F3NO3.